The van der Waals surface area contributed by atoms with Crippen molar-refractivity contribution in [2.45, 2.75) is 199 Å². The number of amides is 9. The number of carboxylic acid groups (broad SMARTS) is 2. The van der Waals surface area contributed by atoms with Crippen molar-refractivity contribution in [3.8, 4) is 11.1 Å². The number of aliphatic carboxylic acids is 1. The quantitative estimate of drug-likeness (QED) is 0.0149. The average Bonchev–Trinajstić information content (AvgIpc) is 1.50. The fourth-order valence-corrected chi connectivity index (χ4v) is 19.3. The van der Waals surface area contributed by atoms with E-state index >= 15 is 0 Å². The molecule has 4 unspecified atom stereocenters. The first-order valence-corrected chi connectivity index (χ1v) is 40.4. The molecule has 117 heavy (non-hydrogen) atoms. The topological polar surface area (TPSA) is 470 Å². The Hall–Kier alpha value is -11.1. The molecule has 35 heteroatoms. The minimum absolute atomic E-state index is 0.0708. The molecule has 0 radical (unpaired) electrons. The minimum Gasteiger partial charge on any atom is -0.479 e. The van der Waals surface area contributed by atoms with E-state index < -0.39 is 95.9 Å². The van der Waals surface area contributed by atoms with Crippen molar-refractivity contribution in [2.75, 3.05) is 54.9 Å². The number of nitrogens with two attached hydrogens (primary N) is 1. The number of unbranched alkanes of at least 4 members (excludes halogenated alkanes) is 2. The number of hydrogen-bond acceptors (Lipinski definition) is 23. The number of nitrogens with one attached hydrogen (secondary N) is 5. The molecular formula is C82H100N16O18S. The summed E-state index contributed by atoms with van der Waals surface area (Å²) < 4.78 is 23.0. The lowest BCUT2D eigenvalue weighted by atomic mass is 9.60. The summed E-state index contributed by atoms with van der Waals surface area (Å²) in [6.07, 6.45) is 3.98. The van der Waals surface area contributed by atoms with Crippen LogP contribution in [0.1, 0.15) is 154 Å². The number of imide groups is 1. The molecule has 7 aromatic rings. The number of aromatic nitrogens is 7. The number of hydrogen-bond donors (Lipinski definition) is 11. The number of carboxylic acids is 2. The van der Waals surface area contributed by atoms with Crippen molar-refractivity contribution >= 4 is 97.7 Å². The molecule has 14 rings (SSSR count). The SMILES string of the molecule is Cc1c(-c2ccc(N3CCc4cccc(C(=O)Nc5nc6ccccc6s5)c4C3)nc2C(=O)O)cnn1CC12CC3(C)CC(C)(C1)C(OCCN(CCCc1cn(C[C@@H]4O[C@H](C(=O)O)[C@@H](O)[C@H](O)[C@H]4O)nn1)C(=O)OCc1ccc(NC(=O)[C@H](CCCNC(N)=O)NC(=O)[C@@H](NC(=O)CCCCCN4C(=O)C=CC4=O)C(C)C)cc1)(C3)C2. The van der Waals surface area contributed by atoms with Crippen molar-refractivity contribution in [2.24, 2.45) is 27.9 Å². The number of ether oxygens (including phenoxy) is 3. The predicted octanol–water partition coefficient (Wildman–Crippen LogP) is 6.42. The lowest BCUT2D eigenvalue weighted by molar-refractivity contribution is -0.230. The normalized spacial score (nSPS) is 23.5. The molecule has 9 amide bonds. The zero-order valence-corrected chi connectivity index (χ0v) is 66.7. The van der Waals surface area contributed by atoms with Gasteiger partial charge in [0.1, 0.15) is 48.9 Å². The zero-order valence-electron chi connectivity index (χ0n) is 65.9. The maximum Gasteiger partial charge on any atom is 0.410 e. The fourth-order valence-electron chi connectivity index (χ4n) is 18.4. The molecule has 7 heterocycles. The molecule has 4 aromatic heterocycles. The van der Waals surface area contributed by atoms with E-state index in [2.05, 4.69) is 55.7 Å². The highest BCUT2D eigenvalue weighted by molar-refractivity contribution is 7.22. The van der Waals surface area contributed by atoms with Crippen LogP contribution in [0.2, 0.25) is 0 Å². The number of aliphatic hydroxyl groups is 3. The van der Waals surface area contributed by atoms with Crippen molar-refractivity contribution in [1.29, 1.82) is 0 Å². The monoisotopic (exact) mass is 1630 g/mol. The number of benzene rings is 3. The van der Waals surface area contributed by atoms with Gasteiger partial charge in [-0.3, -0.25) is 43.7 Å². The Labute approximate surface area is 678 Å². The lowest BCUT2D eigenvalue weighted by Gasteiger charge is -2.46. The second kappa shape index (κ2) is 35.4. The third-order valence-corrected chi connectivity index (χ3v) is 24.5. The van der Waals surface area contributed by atoms with Gasteiger partial charge in [0.2, 0.25) is 17.7 Å². The van der Waals surface area contributed by atoms with Gasteiger partial charge < -0.3 is 76.5 Å². The minimum atomic E-state index is -1.87. The summed E-state index contributed by atoms with van der Waals surface area (Å²) in [6.45, 7) is 11.8. The van der Waals surface area contributed by atoms with E-state index in [-0.39, 0.29) is 105 Å². The number of urea groups is 1. The second-order valence-corrected chi connectivity index (χ2v) is 33.8. The molecular weight excluding hydrogens is 1530 g/mol. The number of fused-ring (bicyclic) bond motifs is 2. The van der Waals surface area contributed by atoms with Crippen LogP contribution in [0.5, 0.6) is 0 Å². The number of thiazole rings is 1. The Kier molecular flexibility index (Phi) is 25.3. The Morgan fingerprint density at radius 1 is 0.803 bits per heavy atom. The van der Waals surface area contributed by atoms with Crippen molar-refractivity contribution in [3.63, 3.8) is 0 Å². The number of nitrogens with zero attached hydrogens (tertiary/aromatic N) is 10. The molecule has 3 aliphatic heterocycles. The molecule has 4 bridgehead atoms. The van der Waals surface area contributed by atoms with Crippen LogP contribution in [0, 0.1) is 29.1 Å². The van der Waals surface area contributed by atoms with Crippen LogP contribution < -0.4 is 37.2 Å². The summed E-state index contributed by atoms with van der Waals surface area (Å²) in [7, 11) is 0. The van der Waals surface area contributed by atoms with E-state index in [0.29, 0.717) is 109 Å². The number of para-hydroxylation sites is 1. The van der Waals surface area contributed by atoms with Gasteiger partial charge in [0.25, 0.3) is 17.7 Å². The summed E-state index contributed by atoms with van der Waals surface area (Å²) in [6, 6.07) is 20.6. The van der Waals surface area contributed by atoms with Gasteiger partial charge in [0.15, 0.2) is 16.9 Å². The van der Waals surface area contributed by atoms with Gasteiger partial charge in [-0.1, -0.05) is 87.1 Å². The van der Waals surface area contributed by atoms with E-state index in [1.165, 1.54) is 28.2 Å². The van der Waals surface area contributed by atoms with Crippen LogP contribution in [0.25, 0.3) is 21.3 Å². The van der Waals surface area contributed by atoms with Gasteiger partial charge in [-0.15, -0.1) is 5.10 Å². The van der Waals surface area contributed by atoms with Crippen LogP contribution >= 0.6 is 11.3 Å². The Balaban J connectivity index is 0.654. The number of pyridine rings is 1. The molecule has 4 aliphatic carbocycles. The van der Waals surface area contributed by atoms with E-state index in [0.717, 1.165) is 57.6 Å². The zero-order chi connectivity index (χ0) is 83.3. The number of primary amides is 1. The number of anilines is 3. The third kappa shape index (κ3) is 19.0. The Bertz CT molecular complexity index is 4900. The summed E-state index contributed by atoms with van der Waals surface area (Å²) in [4.78, 5) is 144. The summed E-state index contributed by atoms with van der Waals surface area (Å²) in [5.41, 5.74) is 10.3. The standard InChI is InChI=1S/C82H100N16O18S/c1-47(2)65(90-62(99)20-7-6-10-32-97-63(100)27-28-64(97)101)73(107)87-58(18-12-30-84-76(83)112)72(106)86-51-23-21-49(22-24-51)40-114-78(113)94(31-13-15-52-37-96(93-92-52)39-59-67(102)68(103)69(104)70(116-59)75(110)111)34-35-115-82-43-79(4)41-80(82,5)44-81(42-79,45-82)46-98-48(3)55(36-85-98)53-25-26-61(89-66(53)74(108)109)95-33-29-50-14-11-16-54(56(50)38-95)71(105)91-77-88-57-17-8-9-19-60(57)117-77/h8-9,11,14,16-17,19,21-28,36-37,47,58-59,65,67-70,102-104H,6-7,10,12-13,15,18,20,29-35,38-46H2,1-5H3,(H,86,106)(H,87,107)(H,90,99)(H,108,109)(H,110,111)(H3,83,84,112)(H,88,91,105)/t58-,59-,65-,67-,68+,69-,70-,79?,80?,81?,82?/m0/s1. The number of carbonyl (C=O) groups excluding carboxylic acids is 8. The number of rotatable bonds is 36. The molecule has 622 valence electrons. The van der Waals surface area contributed by atoms with Gasteiger partial charge in [-0.25, -0.2) is 33.8 Å². The predicted molar refractivity (Wildman–Crippen MR) is 426 cm³/mol. The van der Waals surface area contributed by atoms with E-state index in [4.69, 9.17) is 30.0 Å². The van der Waals surface area contributed by atoms with Crippen LogP contribution in [0.4, 0.5) is 26.2 Å². The molecule has 5 fully saturated rings. The van der Waals surface area contributed by atoms with Crippen molar-refractivity contribution in [3.05, 3.63) is 143 Å². The van der Waals surface area contributed by atoms with Crippen molar-refractivity contribution in [1.82, 2.24) is 60.5 Å². The first-order valence-electron chi connectivity index (χ1n) is 39.6. The highest BCUT2D eigenvalue weighted by atomic mass is 32.1. The maximum atomic E-state index is 14.5. The molecule has 12 N–H and O–H groups in total. The number of aliphatic hydroxyl groups excluding tert-OH is 3. The summed E-state index contributed by atoms with van der Waals surface area (Å²) in [5, 5.41) is 79.6. The van der Waals surface area contributed by atoms with Gasteiger partial charge in [-0.2, -0.15) is 5.10 Å². The summed E-state index contributed by atoms with van der Waals surface area (Å²) >= 11 is 1.40. The van der Waals surface area contributed by atoms with Gasteiger partial charge in [-0.05, 0) is 165 Å². The molecule has 4 saturated carbocycles. The van der Waals surface area contributed by atoms with Crippen LogP contribution in [0.3, 0.4) is 0 Å². The van der Waals surface area contributed by atoms with Crippen molar-refractivity contribution < 1.29 is 87.7 Å². The molecule has 11 atom stereocenters. The largest absolute Gasteiger partial charge is 0.479 e. The van der Waals surface area contributed by atoms with E-state index in [1.807, 2.05) is 59.0 Å². The highest BCUT2D eigenvalue weighted by Gasteiger charge is 2.74. The second-order valence-electron chi connectivity index (χ2n) is 32.7. The lowest BCUT2D eigenvalue weighted by Crippen LogP contribution is -2.60. The van der Waals surface area contributed by atoms with Crippen LogP contribution in [-0.4, -0.2) is 217 Å². The number of aromatic carboxylic acids is 1. The summed E-state index contributed by atoms with van der Waals surface area (Å²) in [5.74, 6) is -5.30. The molecule has 1 saturated heterocycles. The first kappa shape index (κ1) is 83.8. The first-order chi connectivity index (χ1) is 55.9. The van der Waals surface area contributed by atoms with Gasteiger partial charge in [0, 0.05) is 98.7 Å². The van der Waals surface area contributed by atoms with Gasteiger partial charge >= 0.3 is 24.1 Å². The van der Waals surface area contributed by atoms with E-state index in [9.17, 15) is 73.5 Å². The Morgan fingerprint density at radius 3 is 2.32 bits per heavy atom. The highest BCUT2D eigenvalue weighted by Crippen LogP contribution is 2.77. The Morgan fingerprint density at radius 2 is 1.58 bits per heavy atom. The van der Waals surface area contributed by atoms with E-state index in [1.54, 1.807) is 67.5 Å². The smallest absolute Gasteiger partial charge is 0.410 e. The maximum absolute atomic E-state index is 14.5. The third-order valence-electron chi connectivity index (χ3n) is 23.6. The molecule has 3 aromatic carbocycles. The molecule has 0 spiro atoms. The molecule has 7 aliphatic rings. The number of carbonyl (C=O) groups is 10. The fraction of sp³-hybridized carbons (Fsp3) is 0.500. The molecule has 34 nitrogen and oxygen atoms in total. The van der Waals surface area contributed by atoms with Crippen LogP contribution in [0.15, 0.2) is 103 Å². The number of aryl methyl sites for hydroxylation is 1. The van der Waals surface area contributed by atoms with Gasteiger partial charge in [0.05, 0.1) is 40.9 Å². The average molecular weight is 1630 g/mol. The van der Waals surface area contributed by atoms with Crippen LogP contribution in [-0.2, 0) is 82.1 Å².